The van der Waals surface area contributed by atoms with Crippen molar-refractivity contribution in [2.24, 2.45) is 0 Å². The molecule has 1 aliphatic heterocycles. The van der Waals surface area contributed by atoms with Gasteiger partial charge in [0.1, 0.15) is 12.4 Å². The smallest absolute Gasteiger partial charge is 0.124 e. The Morgan fingerprint density at radius 2 is 2.06 bits per heavy atom. The lowest BCUT2D eigenvalue weighted by Crippen LogP contribution is -2.09. The Morgan fingerprint density at radius 1 is 1.11 bits per heavy atom. The Balaban J connectivity index is 1.66. The minimum absolute atomic E-state index is 0.601. The van der Waals surface area contributed by atoms with E-state index in [9.17, 15) is 0 Å². The molecular formula is C14H21NO3. The molecule has 0 aromatic heterocycles. The van der Waals surface area contributed by atoms with Crippen molar-refractivity contribution in [2.75, 3.05) is 33.5 Å². The first-order valence-corrected chi connectivity index (χ1v) is 6.43. The van der Waals surface area contributed by atoms with E-state index in [1.165, 1.54) is 11.1 Å². The second kappa shape index (κ2) is 7.36. The van der Waals surface area contributed by atoms with E-state index in [2.05, 4.69) is 11.4 Å². The number of hydrogen-bond donors (Lipinski definition) is 1. The molecule has 0 amide bonds. The lowest BCUT2D eigenvalue weighted by Gasteiger charge is -2.10. The highest BCUT2D eigenvalue weighted by atomic mass is 16.5. The third-order valence-electron chi connectivity index (χ3n) is 2.97. The van der Waals surface area contributed by atoms with Gasteiger partial charge in [-0.25, -0.2) is 0 Å². The monoisotopic (exact) mass is 251 g/mol. The molecule has 1 aromatic carbocycles. The zero-order chi connectivity index (χ0) is 12.6. The van der Waals surface area contributed by atoms with Crippen molar-refractivity contribution in [1.82, 2.24) is 5.32 Å². The fraction of sp³-hybridized carbons (Fsp3) is 0.571. The molecule has 0 radical (unpaired) electrons. The van der Waals surface area contributed by atoms with Crippen molar-refractivity contribution in [3.63, 3.8) is 0 Å². The van der Waals surface area contributed by atoms with E-state index in [-0.39, 0.29) is 0 Å². The van der Waals surface area contributed by atoms with Crippen LogP contribution >= 0.6 is 0 Å². The van der Waals surface area contributed by atoms with Gasteiger partial charge in [0.15, 0.2) is 0 Å². The second-order valence-electron chi connectivity index (χ2n) is 4.30. The number of benzene rings is 1. The van der Waals surface area contributed by atoms with E-state index in [1.54, 1.807) is 7.11 Å². The molecule has 0 saturated carbocycles. The highest BCUT2D eigenvalue weighted by Crippen LogP contribution is 2.25. The Morgan fingerprint density at radius 3 is 2.94 bits per heavy atom. The summed E-state index contributed by atoms with van der Waals surface area (Å²) in [4.78, 5) is 0. The third-order valence-corrected chi connectivity index (χ3v) is 2.97. The molecule has 4 heteroatoms. The van der Waals surface area contributed by atoms with Crippen LogP contribution in [-0.4, -0.2) is 33.5 Å². The van der Waals surface area contributed by atoms with E-state index in [1.807, 2.05) is 12.1 Å². The highest BCUT2D eigenvalue weighted by Gasteiger charge is 2.14. The summed E-state index contributed by atoms with van der Waals surface area (Å²) in [6, 6.07) is 6.21. The fourth-order valence-corrected chi connectivity index (χ4v) is 2.05. The molecule has 1 aliphatic rings. The molecule has 0 atom stereocenters. The molecule has 18 heavy (non-hydrogen) atoms. The number of methoxy groups -OCH3 is 1. The van der Waals surface area contributed by atoms with Gasteiger partial charge in [-0.15, -0.1) is 0 Å². The van der Waals surface area contributed by atoms with Crippen molar-refractivity contribution in [3.05, 3.63) is 29.3 Å². The minimum Gasteiger partial charge on any atom is -0.491 e. The summed E-state index contributed by atoms with van der Waals surface area (Å²) < 4.78 is 16.2. The van der Waals surface area contributed by atoms with Crippen LogP contribution in [0.25, 0.3) is 0 Å². The van der Waals surface area contributed by atoms with E-state index in [0.717, 1.165) is 38.5 Å². The second-order valence-corrected chi connectivity index (χ2v) is 4.30. The summed E-state index contributed by atoms with van der Waals surface area (Å²) in [7, 11) is 1.70. The van der Waals surface area contributed by atoms with Gasteiger partial charge in [-0.2, -0.15) is 0 Å². The first kappa shape index (κ1) is 13.3. The van der Waals surface area contributed by atoms with Crippen molar-refractivity contribution < 1.29 is 14.2 Å². The molecule has 1 heterocycles. The number of nitrogens with one attached hydrogen (secondary N) is 1. The molecule has 0 saturated heterocycles. The Hall–Kier alpha value is -1.10. The summed E-state index contributed by atoms with van der Waals surface area (Å²) >= 11 is 0. The predicted molar refractivity (Wildman–Crippen MR) is 69.8 cm³/mol. The molecule has 0 aliphatic carbocycles. The van der Waals surface area contributed by atoms with Crippen molar-refractivity contribution in [3.8, 4) is 5.75 Å². The van der Waals surface area contributed by atoms with Gasteiger partial charge in [0.25, 0.3) is 0 Å². The van der Waals surface area contributed by atoms with Crippen LogP contribution in [0.1, 0.15) is 17.5 Å². The van der Waals surface area contributed by atoms with Gasteiger partial charge in [0, 0.05) is 39.0 Å². The molecule has 100 valence electrons. The van der Waals surface area contributed by atoms with Crippen molar-refractivity contribution in [1.29, 1.82) is 0 Å². The molecule has 1 aromatic rings. The number of hydrogen-bond acceptors (Lipinski definition) is 4. The van der Waals surface area contributed by atoms with E-state index >= 15 is 0 Å². The van der Waals surface area contributed by atoms with Crippen molar-refractivity contribution in [2.45, 2.75) is 19.5 Å². The molecule has 0 fully saturated rings. The van der Waals surface area contributed by atoms with E-state index in [0.29, 0.717) is 13.2 Å². The van der Waals surface area contributed by atoms with Gasteiger partial charge in [0.2, 0.25) is 0 Å². The Kier molecular flexibility index (Phi) is 5.45. The first-order valence-electron chi connectivity index (χ1n) is 6.43. The van der Waals surface area contributed by atoms with Crippen LogP contribution in [-0.2, 0) is 22.6 Å². The summed E-state index contributed by atoms with van der Waals surface area (Å²) in [5.41, 5.74) is 2.63. The van der Waals surface area contributed by atoms with Crippen LogP contribution in [0.4, 0.5) is 0 Å². The quantitative estimate of drug-likeness (QED) is 0.714. The third kappa shape index (κ3) is 3.70. The maximum Gasteiger partial charge on any atom is 0.124 e. The maximum atomic E-state index is 5.76. The van der Waals surface area contributed by atoms with Crippen LogP contribution in [0.5, 0.6) is 5.75 Å². The van der Waals surface area contributed by atoms with Gasteiger partial charge in [-0.3, -0.25) is 0 Å². The van der Waals surface area contributed by atoms with Crippen LogP contribution in [0.15, 0.2) is 18.2 Å². The summed E-state index contributed by atoms with van der Waals surface area (Å²) in [6.45, 7) is 4.55. The lowest BCUT2D eigenvalue weighted by molar-refractivity contribution is 0.0804. The Bertz CT molecular complexity index is 368. The largest absolute Gasteiger partial charge is 0.491 e. The predicted octanol–water partition coefficient (Wildman–Crippen LogP) is 1.72. The maximum absolute atomic E-state index is 5.76. The standard InChI is InChI=1S/C14H21NO3/c1-16-6-3-7-17-8-9-18-14-5-2-4-12-10-15-11-13(12)14/h2,4-5,15H,3,6-11H2,1H3. The zero-order valence-electron chi connectivity index (χ0n) is 10.9. The average Bonchev–Trinajstić information content (AvgIpc) is 2.86. The minimum atomic E-state index is 0.601. The molecule has 0 bridgehead atoms. The van der Waals surface area contributed by atoms with Crippen LogP contribution in [0.3, 0.4) is 0 Å². The highest BCUT2D eigenvalue weighted by molar-refractivity contribution is 5.42. The summed E-state index contributed by atoms with van der Waals surface area (Å²) in [5.74, 6) is 0.984. The van der Waals surface area contributed by atoms with Gasteiger partial charge < -0.3 is 19.5 Å². The zero-order valence-corrected chi connectivity index (χ0v) is 10.9. The first-order chi connectivity index (χ1) is 8.92. The van der Waals surface area contributed by atoms with Gasteiger partial charge >= 0.3 is 0 Å². The lowest BCUT2D eigenvalue weighted by atomic mass is 10.1. The van der Waals surface area contributed by atoms with Gasteiger partial charge in [0.05, 0.1) is 6.61 Å². The van der Waals surface area contributed by atoms with Gasteiger partial charge in [-0.1, -0.05) is 12.1 Å². The molecule has 4 nitrogen and oxygen atoms in total. The molecule has 1 N–H and O–H groups in total. The number of rotatable bonds is 8. The van der Waals surface area contributed by atoms with Crippen LogP contribution in [0, 0.1) is 0 Å². The van der Waals surface area contributed by atoms with Crippen LogP contribution < -0.4 is 10.1 Å². The molecule has 2 rings (SSSR count). The summed E-state index contributed by atoms with van der Waals surface area (Å²) in [5, 5.41) is 3.33. The van der Waals surface area contributed by atoms with E-state index in [4.69, 9.17) is 14.2 Å². The molecule has 0 spiro atoms. The molecular weight excluding hydrogens is 230 g/mol. The fourth-order valence-electron chi connectivity index (χ4n) is 2.05. The Labute approximate surface area is 108 Å². The normalized spacial score (nSPS) is 13.6. The van der Waals surface area contributed by atoms with Crippen molar-refractivity contribution >= 4 is 0 Å². The number of fused-ring (bicyclic) bond motifs is 1. The van der Waals surface area contributed by atoms with Gasteiger partial charge in [-0.05, 0) is 18.1 Å². The number of ether oxygens (including phenoxy) is 3. The van der Waals surface area contributed by atoms with Crippen LogP contribution in [0.2, 0.25) is 0 Å². The topological polar surface area (TPSA) is 39.7 Å². The average molecular weight is 251 g/mol. The SMILES string of the molecule is COCCCOCCOc1cccc2c1CNC2. The summed E-state index contributed by atoms with van der Waals surface area (Å²) in [6.07, 6.45) is 0.932. The van der Waals surface area contributed by atoms with E-state index < -0.39 is 0 Å². The molecule has 0 unspecified atom stereocenters.